The molecule has 0 fully saturated rings. The molecule has 0 spiro atoms. The Morgan fingerprint density at radius 3 is 2.47 bits per heavy atom. The predicted octanol–water partition coefficient (Wildman–Crippen LogP) is 1.61. The largest absolute Gasteiger partial charge is 0.337 e. The summed E-state index contributed by atoms with van der Waals surface area (Å²) in [6.45, 7) is 6.21. The molecule has 1 aromatic carbocycles. The standard InChI is InChI=1S/C14H24N4O/c1-11(2)18(3)9-8-16-14(19)17-13-6-4-12(10-15)5-7-13/h4-7,11H,8-10,15H2,1-3H3,(H2,16,17,19). The molecule has 0 radical (unpaired) electrons. The number of nitrogens with one attached hydrogen (secondary N) is 2. The quantitative estimate of drug-likeness (QED) is 0.731. The van der Waals surface area contributed by atoms with Gasteiger partial charge in [0.15, 0.2) is 0 Å². The summed E-state index contributed by atoms with van der Waals surface area (Å²) < 4.78 is 0. The molecule has 5 heteroatoms. The second-order valence-electron chi connectivity index (χ2n) is 4.86. The molecule has 2 amide bonds. The van der Waals surface area contributed by atoms with E-state index < -0.39 is 0 Å². The molecule has 4 N–H and O–H groups in total. The molecule has 0 atom stereocenters. The van der Waals surface area contributed by atoms with Gasteiger partial charge in [-0.2, -0.15) is 0 Å². The van der Waals surface area contributed by atoms with E-state index in [9.17, 15) is 4.79 Å². The van der Waals surface area contributed by atoms with Crippen molar-refractivity contribution in [2.75, 3.05) is 25.5 Å². The summed E-state index contributed by atoms with van der Waals surface area (Å²) in [5.41, 5.74) is 7.33. The summed E-state index contributed by atoms with van der Waals surface area (Å²) in [5, 5.41) is 5.62. The average molecular weight is 264 g/mol. The monoisotopic (exact) mass is 264 g/mol. The van der Waals surface area contributed by atoms with Gasteiger partial charge in [0.25, 0.3) is 0 Å². The lowest BCUT2D eigenvalue weighted by Crippen LogP contribution is -2.37. The van der Waals surface area contributed by atoms with Crippen molar-refractivity contribution in [3.05, 3.63) is 29.8 Å². The van der Waals surface area contributed by atoms with Crippen LogP contribution >= 0.6 is 0 Å². The molecule has 1 rings (SSSR count). The van der Waals surface area contributed by atoms with E-state index in [-0.39, 0.29) is 6.03 Å². The van der Waals surface area contributed by atoms with Crippen LogP contribution < -0.4 is 16.4 Å². The van der Waals surface area contributed by atoms with Gasteiger partial charge < -0.3 is 21.3 Å². The number of urea groups is 1. The Labute approximate surface area is 115 Å². The van der Waals surface area contributed by atoms with E-state index in [2.05, 4.69) is 29.4 Å². The summed E-state index contributed by atoms with van der Waals surface area (Å²) in [7, 11) is 2.04. The van der Waals surface area contributed by atoms with Crippen LogP contribution in [-0.2, 0) is 6.54 Å². The van der Waals surface area contributed by atoms with Gasteiger partial charge in [0.05, 0.1) is 0 Å². The lowest BCUT2D eigenvalue weighted by atomic mass is 10.2. The average Bonchev–Trinajstić information content (AvgIpc) is 2.39. The van der Waals surface area contributed by atoms with Crippen molar-refractivity contribution in [3.8, 4) is 0 Å². The molecule has 0 aliphatic carbocycles. The van der Waals surface area contributed by atoms with Crippen molar-refractivity contribution in [2.24, 2.45) is 5.73 Å². The fraction of sp³-hybridized carbons (Fsp3) is 0.500. The first kappa shape index (κ1) is 15.5. The lowest BCUT2D eigenvalue weighted by molar-refractivity contribution is 0.244. The fourth-order valence-corrected chi connectivity index (χ4v) is 1.50. The van der Waals surface area contributed by atoms with E-state index in [4.69, 9.17) is 5.73 Å². The first-order valence-corrected chi connectivity index (χ1v) is 6.57. The van der Waals surface area contributed by atoms with Crippen LogP contribution in [0.4, 0.5) is 10.5 Å². The predicted molar refractivity (Wildman–Crippen MR) is 79.1 cm³/mol. The Hall–Kier alpha value is -1.59. The van der Waals surface area contributed by atoms with Crippen molar-refractivity contribution >= 4 is 11.7 Å². The molecule has 19 heavy (non-hydrogen) atoms. The number of hydrogen-bond donors (Lipinski definition) is 3. The molecule has 106 valence electrons. The Bertz CT molecular complexity index is 389. The van der Waals surface area contributed by atoms with Crippen LogP contribution in [0.3, 0.4) is 0 Å². The topological polar surface area (TPSA) is 70.4 Å². The van der Waals surface area contributed by atoms with Crippen molar-refractivity contribution in [1.82, 2.24) is 10.2 Å². The van der Waals surface area contributed by atoms with Gasteiger partial charge in [-0.05, 0) is 38.6 Å². The van der Waals surface area contributed by atoms with Gasteiger partial charge in [-0.25, -0.2) is 4.79 Å². The number of amides is 2. The van der Waals surface area contributed by atoms with E-state index in [1.807, 2.05) is 31.3 Å². The molecule has 0 saturated carbocycles. The fourth-order valence-electron chi connectivity index (χ4n) is 1.50. The Kier molecular flexibility index (Phi) is 6.32. The van der Waals surface area contributed by atoms with Crippen LogP contribution in [0.1, 0.15) is 19.4 Å². The summed E-state index contributed by atoms with van der Waals surface area (Å²) in [6.07, 6.45) is 0. The molecule has 0 aliphatic heterocycles. The minimum atomic E-state index is -0.183. The zero-order chi connectivity index (χ0) is 14.3. The second kappa shape index (κ2) is 7.76. The van der Waals surface area contributed by atoms with E-state index in [0.29, 0.717) is 19.1 Å². The number of nitrogens with zero attached hydrogens (tertiary/aromatic N) is 1. The minimum Gasteiger partial charge on any atom is -0.337 e. The number of carbonyl (C=O) groups excluding carboxylic acids is 1. The van der Waals surface area contributed by atoms with Crippen LogP contribution in [0.2, 0.25) is 0 Å². The molecular formula is C14H24N4O. The highest BCUT2D eigenvalue weighted by molar-refractivity contribution is 5.89. The van der Waals surface area contributed by atoms with Crippen molar-refractivity contribution in [3.63, 3.8) is 0 Å². The lowest BCUT2D eigenvalue weighted by Gasteiger charge is -2.20. The molecule has 0 unspecified atom stereocenters. The number of likely N-dealkylation sites (N-methyl/N-ethyl adjacent to an activating group) is 1. The normalized spacial score (nSPS) is 10.8. The Morgan fingerprint density at radius 1 is 1.32 bits per heavy atom. The maximum absolute atomic E-state index is 11.7. The molecule has 0 saturated heterocycles. The zero-order valence-electron chi connectivity index (χ0n) is 11.9. The van der Waals surface area contributed by atoms with Crippen LogP contribution in [0.25, 0.3) is 0 Å². The van der Waals surface area contributed by atoms with Gasteiger partial charge in [-0.3, -0.25) is 0 Å². The number of anilines is 1. The van der Waals surface area contributed by atoms with Gasteiger partial charge in [0, 0.05) is 31.4 Å². The van der Waals surface area contributed by atoms with Gasteiger partial charge in [-0.1, -0.05) is 12.1 Å². The number of nitrogens with two attached hydrogens (primary N) is 1. The molecule has 0 bridgehead atoms. The third-order valence-corrected chi connectivity index (χ3v) is 3.08. The third kappa shape index (κ3) is 5.72. The van der Waals surface area contributed by atoms with Crippen LogP contribution in [0.5, 0.6) is 0 Å². The summed E-state index contributed by atoms with van der Waals surface area (Å²) in [4.78, 5) is 13.8. The molecule has 1 aromatic rings. The maximum atomic E-state index is 11.7. The number of rotatable bonds is 6. The number of benzene rings is 1. The Balaban J connectivity index is 2.30. The smallest absolute Gasteiger partial charge is 0.319 e. The van der Waals surface area contributed by atoms with E-state index in [1.165, 1.54) is 0 Å². The van der Waals surface area contributed by atoms with Crippen LogP contribution in [0.15, 0.2) is 24.3 Å². The van der Waals surface area contributed by atoms with E-state index >= 15 is 0 Å². The van der Waals surface area contributed by atoms with Crippen LogP contribution in [0, 0.1) is 0 Å². The first-order chi connectivity index (χ1) is 9.02. The summed E-state index contributed by atoms with van der Waals surface area (Å²) >= 11 is 0. The highest BCUT2D eigenvalue weighted by atomic mass is 16.2. The van der Waals surface area contributed by atoms with Gasteiger partial charge in [-0.15, -0.1) is 0 Å². The Morgan fingerprint density at radius 2 is 1.95 bits per heavy atom. The van der Waals surface area contributed by atoms with Gasteiger partial charge in [0.1, 0.15) is 0 Å². The minimum absolute atomic E-state index is 0.183. The van der Waals surface area contributed by atoms with Crippen molar-refractivity contribution in [2.45, 2.75) is 26.4 Å². The van der Waals surface area contributed by atoms with E-state index in [0.717, 1.165) is 17.8 Å². The zero-order valence-corrected chi connectivity index (χ0v) is 11.9. The molecule has 0 heterocycles. The maximum Gasteiger partial charge on any atom is 0.319 e. The van der Waals surface area contributed by atoms with Gasteiger partial charge >= 0.3 is 6.03 Å². The molecule has 5 nitrogen and oxygen atoms in total. The summed E-state index contributed by atoms with van der Waals surface area (Å²) in [5.74, 6) is 0. The molecule has 0 aromatic heterocycles. The second-order valence-corrected chi connectivity index (χ2v) is 4.86. The molecule has 0 aliphatic rings. The van der Waals surface area contributed by atoms with Crippen LogP contribution in [-0.4, -0.2) is 37.1 Å². The number of hydrogen-bond acceptors (Lipinski definition) is 3. The highest BCUT2D eigenvalue weighted by Crippen LogP contribution is 2.08. The summed E-state index contributed by atoms with van der Waals surface area (Å²) in [6, 6.07) is 7.81. The van der Waals surface area contributed by atoms with Gasteiger partial charge in [0.2, 0.25) is 0 Å². The third-order valence-electron chi connectivity index (χ3n) is 3.08. The van der Waals surface area contributed by atoms with Crippen molar-refractivity contribution < 1.29 is 4.79 Å². The molecular weight excluding hydrogens is 240 g/mol. The van der Waals surface area contributed by atoms with E-state index in [1.54, 1.807) is 0 Å². The SMILES string of the molecule is CC(C)N(C)CCNC(=O)Nc1ccc(CN)cc1. The highest BCUT2D eigenvalue weighted by Gasteiger charge is 2.04. The first-order valence-electron chi connectivity index (χ1n) is 6.57. The van der Waals surface area contributed by atoms with Crippen molar-refractivity contribution in [1.29, 1.82) is 0 Å². The number of carbonyl (C=O) groups is 1.